The molecule has 55 heavy (non-hydrogen) atoms. The Morgan fingerprint density at radius 2 is 0.927 bits per heavy atom. The monoisotopic (exact) mass is 834 g/mol. The minimum atomic E-state index is -0.0380. The second kappa shape index (κ2) is 16.0. The van der Waals surface area contributed by atoms with Gasteiger partial charge in [0.1, 0.15) is 22.1 Å². The lowest BCUT2D eigenvalue weighted by atomic mass is 9.65. The van der Waals surface area contributed by atoms with E-state index in [0.29, 0.717) is 11.8 Å². The van der Waals surface area contributed by atoms with Crippen molar-refractivity contribution < 1.29 is 0 Å². The summed E-state index contributed by atoms with van der Waals surface area (Å²) in [5.41, 5.74) is 12.0. The quantitative estimate of drug-likeness (QED) is 0.0973. The van der Waals surface area contributed by atoms with Crippen LogP contribution in [0.2, 0.25) is 0 Å². The zero-order valence-electron chi connectivity index (χ0n) is 31.9. The van der Waals surface area contributed by atoms with Crippen LogP contribution in [-0.2, 0) is 5.41 Å². The average Bonchev–Trinajstić information content (AvgIpc) is 4.06. The summed E-state index contributed by atoms with van der Waals surface area (Å²) in [7, 11) is 0. The van der Waals surface area contributed by atoms with Crippen molar-refractivity contribution in [3.05, 3.63) is 82.6 Å². The predicted octanol–water partition coefficient (Wildman–Crippen LogP) is 16.1. The highest BCUT2D eigenvalue weighted by Gasteiger charge is 2.48. The van der Waals surface area contributed by atoms with Crippen molar-refractivity contribution in [1.29, 1.82) is 0 Å². The maximum Gasteiger partial charge on any atom is 0.114 e. The Bertz CT molecular complexity index is 2360. The Morgan fingerprint density at radius 1 is 0.527 bits per heavy atom. The molecule has 0 N–H and O–H groups in total. The molecule has 0 bridgehead atoms. The smallest absolute Gasteiger partial charge is 0.114 e. The summed E-state index contributed by atoms with van der Waals surface area (Å²) in [4.78, 5) is 8.07. The normalized spacial score (nSPS) is 14.5. The predicted molar refractivity (Wildman–Crippen MR) is 244 cm³/mol. The van der Waals surface area contributed by atoms with Gasteiger partial charge in [0.25, 0.3) is 0 Å². The van der Waals surface area contributed by atoms with Gasteiger partial charge in [-0.15, -0.1) is 45.3 Å². The highest BCUT2D eigenvalue weighted by Crippen LogP contribution is 2.63. The van der Waals surface area contributed by atoms with Gasteiger partial charge in [-0.3, -0.25) is 0 Å². The standard InChI is InChI=1S/C45H46N4S6/c1-5-9-13-27(7-3)25-45(26-28(8-4)14-10-6-2)33-23-37(31-19-17-29(35-15-11-21-50-35)39-41(31)48-54-46-39)52-43(33)44-34(45)24-38(53-44)32-20-18-30(36-16-12-22-51-36)40-42(32)49-55-47-40/h11-12,15-24,27-28H,5-10,13-14,25-26H2,1-4H3. The molecule has 0 amide bonds. The maximum absolute atomic E-state index is 4.95. The average molecular weight is 835 g/mol. The third-order valence-electron chi connectivity index (χ3n) is 12.0. The summed E-state index contributed by atoms with van der Waals surface area (Å²) in [6, 6.07) is 23.0. The second-order valence-electron chi connectivity index (χ2n) is 15.2. The van der Waals surface area contributed by atoms with Crippen molar-refractivity contribution in [2.24, 2.45) is 11.8 Å². The molecule has 2 unspecified atom stereocenters. The Kier molecular flexibility index (Phi) is 10.9. The molecule has 8 aromatic rings. The van der Waals surface area contributed by atoms with Gasteiger partial charge in [0.05, 0.1) is 23.5 Å². The topological polar surface area (TPSA) is 51.6 Å². The molecular weight excluding hydrogens is 789 g/mol. The van der Waals surface area contributed by atoms with E-state index in [2.05, 4.69) is 99.1 Å². The van der Waals surface area contributed by atoms with Gasteiger partial charge in [0, 0.05) is 56.9 Å². The summed E-state index contributed by atoms with van der Waals surface area (Å²) in [6.07, 6.45) is 12.5. The number of hydrogen-bond donors (Lipinski definition) is 0. The van der Waals surface area contributed by atoms with E-state index in [1.165, 1.54) is 139 Å². The largest absolute Gasteiger partial charge is 0.172 e. The van der Waals surface area contributed by atoms with Gasteiger partial charge in [0.15, 0.2) is 0 Å². The zero-order chi connectivity index (χ0) is 37.5. The van der Waals surface area contributed by atoms with Crippen LogP contribution in [-0.4, -0.2) is 17.5 Å². The van der Waals surface area contributed by atoms with Crippen LogP contribution in [0.4, 0.5) is 0 Å². The minimum Gasteiger partial charge on any atom is -0.172 e. The van der Waals surface area contributed by atoms with Gasteiger partial charge in [-0.25, -0.2) is 0 Å². The molecule has 0 saturated carbocycles. The molecule has 6 aromatic heterocycles. The van der Waals surface area contributed by atoms with E-state index >= 15 is 0 Å². The first-order chi connectivity index (χ1) is 27.1. The van der Waals surface area contributed by atoms with E-state index in [1.807, 2.05) is 22.7 Å². The van der Waals surface area contributed by atoms with Gasteiger partial charge in [-0.2, -0.15) is 17.5 Å². The second-order valence-corrected chi connectivity index (χ2v) is 20.3. The third kappa shape index (κ3) is 6.68. The van der Waals surface area contributed by atoms with Crippen molar-refractivity contribution in [1.82, 2.24) is 17.5 Å². The fourth-order valence-electron chi connectivity index (χ4n) is 9.03. The van der Waals surface area contributed by atoms with Crippen LogP contribution in [0.25, 0.3) is 73.6 Å². The molecule has 0 saturated heterocycles. The summed E-state index contributed by atoms with van der Waals surface area (Å²) in [5.74, 6) is 1.35. The van der Waals surface area contributed by atoms with E-state index in [1.54, 1.807) is 33.8 Å². The first kappa shape index (κ1) is 37.5. The molecule has 282 valence electrons. The van der Waals surface area contributed by atoms with Crippen LogP contribution in [0.3, 0.4) is 0 Å². The van der Waals surface area contributed by atoms with Gasteiger partial charge < -0.3 is 0 Å². The molecule has 2 atom stereocenters. The molecular formula is C45H46N4S6. The number of thiophene rings is 4. The molecule has 4 nitrogen and oxygen atoms in total. The third-order valence-corrected chi connectivity index (χ3v) is 17.4. The van der Waals surface area contributed by atoms with Crippen LogP contribution in [0.1, 0.15) is 103 Å². The molecule has 2 aromatic carbocycles. The lowest BCUT2D eigenvalue weighted by molar-refractivity contribution is 0.266. The van der Waals surface area contributed by atoms with E-state index < -0.39 is 0 Å². The minimum absolute atomic E-state index is 0.0380. The van der Waals surface area contributed by atoms with Crippen molar-refractivity contribution in [2.75, 3.05) is 0 Å². The number of fused-ring (bicyclic) bond motifs is 5. The van der Waals surface area contributed by atoms with Gasteiger partial charge >= 0.3 is 0 Å². The van der Waals surface area contributed by atoms with Crippen molar-refractivity contribution in [3.63, 3.8) is 0 Å². The molecule has 0 fully saturated rings. The number of rotatable bonds is 16. The fourth-order valence-corrected chi connectivity index (χ4v) is 14.4. The van der Waals surface area contributed by atoms with Crippen LogP contribution >= 0.6 is 68.8 Å². The van der Waals surface area contributed by atoms with Crippen LogP contribution in [0.5, 0.6) is 0 Å². The van der Waals surface area contributed by atoms with Crippen LogP contribution < -0.4 is 0 Å². The Hall–Kier alpha value is -3.12. The van der Waals surface area contributed by atoms with Crippen molar-refractivity contribution >= 4 is 90.9 Å². The Labute approximate surface area is 349 Å². The number of hydrogen-bond acceptors (Lipinski definition) is 10. The Morgan fingerprint density at radius 3 is 1.27 bits per heavy atom. The van der Waals surface area contributed by atoms with Gasteiger partial charge in [0.2, 0.25) is 0 Å². The lowest BCUT2D eigenvalue weighted by Gasteiger charge is -2.37. The first-order valence-electron chi connectivity index (χ1n) is 19.9. The molecule has 0 aliphatic heterocycles. The zero-order valence-corrected chi connectivity index (χ0v) is 36.8. The van der Waals surface area contributed by atoms with Crippen molar-refractivity contribution in [3.8, 4) is 51.5 Å². The summed E-state index contributed by atoms with van der Waals surface area (Å²) >= 11 is 10.2. The Balaban J connectivity index is 1.24. The van der Waals surface area contributed by atoms with Gasteiger partial charge in [-0.05, 0) is 70.8 Å². The highest BCUT2D eigenvalue weighted by molar-refractivity contribution is 7.26. The molecule has 6 heterocycles. The molecule has 10 heteroatoms. The fraction of sp³-hybridized carbons (Fsp3) is 0.378. The first-order valence-corrected chi connectivity index (χ1v) is 24.8. The van der Waals surface area contributed by atoms with Crippen LogP contribution in [0.15, 0.2) is 71.4 Å². The van der Waals surface area contributed by atoms with Crippen molar-refractivity contribution in [2.45, 2.75) is 97.3 Å². The van der Waals surface area contributed by atoms with E-state index in [4.69, 9.17) is 17.5 Å². The maximum atomic E-state index is 4.95. The lowest BCUT2D eigenvalue weighted by Crippen LogP contribution is -2.31. The van der Waals surface area contributed by atoms with Crippen LogP contribution in [0, 0.1) is 11.8 Å². The number of benzene rings is 2. The molecule has 1 aliphatic carbocycles. The number of nitrogens with zero attached hydrogens (tertiary/aromatic N) is 4. The SMILES string of the molecule is CCCCC(CC)CC1(CC(CC)CCCC)c2cc(-c3ccc(-c4cccs4)c4nsnc34)sc2-c2sc(-c3ccc(-c4cccs4)c4nsnc34)cc21. The molecule has 9 rings (SSSR count). The highest BCUT2D eigenvalue weighted by atomic mass is 32.1. The van der Waals surface area contributed by atoms with E-state index in [-0.39, 0.29) is 5.41 Å². The summed E-state index contributed by atoms with van der Waals surface area (Å²) in [5, 5.41) is 4.29. The summed E-state index contributed by atoms with van der Waals surface area (Å²) < 4.78 is 19.6. The van der Waals surface area contributed by atoms with E-state index in [9.17, 15) is 0 Å². The molecule has 1 aliphatic rings. The molecule has 0 spiro atoms. The number of unbranched alkanes of at least 4 members (excludes halogenated alkanes) is 2. The van der Waals surface area contributed by atoms with E-state index in [0.717, 1.165) is 22.1 Å². The summed E-state index contributed by atoms with van der Waals surface area (Å²) in [6.45, 7) is 9.55. The molecule has 0 radical (unpaired) electrons. The van der Waals surface area contributed by atoms with Gasteiger partial charge in [-0.1, -0.05) is 115 Å². The number of aromatic nitrogens is 4.